The maximum Gasteiger partial charge on any atom is 0.0406 e. The van der Waals surface area contributed by atoms with E-state index in [-0.39, 0.29) is 0 Å². The first-order valence-electron chi connectivity index (χ1n) is 7.59. The Morgan fingerprint density at radius 2 is 1.90 bits per heavy atom. The SMILES string of the molecule is Clc1ccc(CCNC2CCNCc3ccccc32)cc1. The van der Waals surface area contributed by atoms with Crippen molar-refractivity contribution < 1.29 is 0 Å². The maximum absolute atomic E-state index is 5.92. The first kappa shape index (κ1) is 14.6. The van der Waals surface area contributed by atoms with E-state index in [1.165, 1.54) is 16.7 Å². The van der Waals surface area contributed by atoms with Crippen molar-refractivity contribution in [2.45, 2.75) is 25.4 Å². The summed E-state index contributed by atoms with van der Waals surface area (Å²) in [6, 6.07) is 17.3. The molecule has 2 aromatic carbocycles. The number of nitrogens with one attached hydrogen (secondary N) is 2. The van der Waals surface area contributed by atoms with Crippen molar-refractivity contribution >= 4 is 11.6 Å². The molecule has 0 fully saturated rings. The fourth-order valence-corrected chi connectivity index (χ4v) is 3.04. The van der Waals surface area contributed by atoms with Crippen LogP contribution in [0.1, 0.15) is 29.2 Å². The highest BCUT2D eigenvalue weighted by atomic mass is 35.5. The van der Waals surface area contributed by atoms with Crippen molar-refractivity contribution in [2.75, 3.05) is 13.1 Å². The van der Waals surface area contributed by atoms with Gasteiger partial charge < -0.3 is 10.6 Å². The normalized spacial score (nSPS) is 18.0. The topological polar surface area (TPSA) is 24.1 Å². The highest BCUT2D eigenvalue weighted by Gasteiger charge is 2.16. The van der Waals surface area contributed by atoms with Crippen LogP contribution in [-0.4, -0.2) is 13.1 Å². The molecule has 1 atom stereocenters. The minimum Gasteiger partial charge on any atom is -0.313 e. The predicted octanol–water partition coefficient (Wildman–Crippen LogP) is 3.71. The number of rotatable bonds is 4. The molecule has 0 amide bonds. The van der Waals surface area contributed by atoms with Crippen LogP contribution in [-0.2, 0) is 13.0 Å². The third kappa shape index (κ3) is 3.85. The fraction of sp³-hybridized carbons (Fsp3) is 0.333. The van der Waals surface area contributed by atoms with E-state index in [0.29, 0.717) is 6.04 Å². The van der Waals surface area contributed by atoms with E-state index in [1.807, 2.05) is 12.1 Å². The Morgan fingerprint density at radius 3 is 2.76 bits per heavy atom. The molecule has 0 radical (unpaired) electrons. The molecule has 1 aliphatic rings. The van der Waals surface area contributed by atoms with Gasteiger partial charge in [-0.05, 0) is 54.8 Å². The molecule has 0 saturated heterocycles. The summed E-state index contributed by atoms with van der Waals surface area (Å²) in [5.74, 6) is 0. The van der Waals surface area contributed by atoms with Gasteiger partial charge in [0.15, 0.2) is 0 Å². The molecule has 1 aliphatic heterocycles. The molecule has 0 saturated carbocycles. The molecule has 0 bridgehead atoms. The smallest absolute Gasteiger partial charge is 0.0406 e. The second-order valence-corrected chi connectivity index (χ2v) is 5.98. The molecule has 2 aromatic rings. The van der Waals surface area contributed by atoms with Gasteiger partial charge in [0.1, 0.15) is 0 Å². The largest absolute Gasteiger partial charge is 0.313 e. The zero-order valence-corrected chi connectivity index (χ0v) is 12.9. The van der Waals surface area contributed by atoms with Gasteiger partial charge in [0.25, 0.3) is 0 Å². The minimum atomic E-state index is 0.448. The third-order valence-corrected chi connectivity index (χ3v) is 4.33. The molecule has 3 heteroatoms. The van der Waals surface area contributed by atoms with Gasteiger partial charge in [0.05, 0.1) is 0 Å². The lowest BCUT2D eigenvalue weighted by molar-refractivity contribution is 0.499. The fourth-order valence-electron chi connectivity index (χ4n) is 2.91. The lowest BCUT2D eigenvalue weighted by Crippen LogP contribution is -2.25. The molecule has 2 nitrogen and oxygen atoms in total. The first-order valence-corrected chi connectivity index (χ1v) is 7.97. The van der Waals surface area contributed by atoms with Gasteiger partial charge in [0.2, 0.25) is 0 Å². The lowest BCUT2D eigenvalue weighted by Gasteiger charge is -2.19. The van der Waals surface area contributed by atoms with Crippen LogP contribution in [0.15, 0.2) is 48.5 Å². The number of hydrogen-bond donors (Lipinski definition) is 2. The number of benzene rings is 2. The number of hydrogen-bond acceptors (Lipinski definition) is 2. The average Bonchev–Trinajstić information content (AvgIpc) is 2.72. The first-order chi connectivity index (χ1) is 10.3. The molecular formula is C18H21ClN2. The van der Waals surface area contributed by atoms with Crippen molar-refractivity contribution in [2.24, 2.45) is 0 Å². The van der Waals surface area contributed by atoms with E-state index in [2.05, 4.69) is 47.0 Å². The summed E-state index contributed by atoms with van der Waals surface area (Å²) in [5.41, 5.74) is 4.18. The summed E-state index contributed by atoms with van der Waals surface area (Å²) in [4.78, 5) is 0. The second-order valence-electron chi connectivity index (χ2n) is 5.55. The number of fused-ring (bicyclic) bond motifs is 1. The van der Waals surface area contributed by atoms with E-state index in [4.69, 9.17) is 11.6 Å². The zero-order valence-electron chi connectivity index (χ0n) is 12.1. The Kier molecular flexibility index (Phi) is 4.91. The Balaban J connectivity index is 1.61. The quantitative estimate of drug-likeness (QED) is 0.899. The zero-order chi connectivity index (χ0) is 14.5. The van der Waals surface area contributed by atoms with E-state index in [1.54, 1.807) is 0 Å². The molecule has 1 unspecified atom stereocenters. The Morgan fingerprint density at radius 1 is 1.10 bits per heavy atom. The second kappa shape index (κ2) is 7.08. The van der Waals surface area contributed by atoms with Crippen LogP contribution in [0.25, 0.3) is 0 Å². The molecule has 0 aliphatic carbocycles. The Hall–Kier alpha value is -1.35. The summed E-state index contributed by atoms with van der Waals surface area (Å²) in [7, 11) is 0. The third-order valence-electron chi connectivity index (χ3n) is 4.07. The van der Waals surface area contributed by atoms with Crippen molar-refractivity contribution in [3.8, 4) is 0 Å². The summed E-state index contributed by atoms with van der Waals surface area (Å²) in [6.45, 7) is 3.03. The maximum atomic E-state index is 5.92. The molecule has 0 spiro atoms. The van der Waals surface area contributed by atoms with Crippen LogP contribution in [0.5, 0.6) is 0 Å². The lowest BCUT2D eigenvalue weighted by atomic mass is 9.99. The van der Waals surface area contributed by atoms with Gasteiger partial charge in [-0.3, -0.25) is 0 Å². The molecule has 2 N–H and O–H groups in total. The molecule has 21 heavy (non-hydrogen) atoms. The van der Waals surface area contributed by atoms with Crippen LogP contribution in [0.2, 0.25) is 5.02 Å². The molecular weight excluding hydrogens is 280 g/mol. The highest BCUT2D eigenvalue weighted by Crippen LogP contribution is 2.23. The van der Waals surface area contributed by atoms with Gasteiger partial charge in [0, 0.05) is 17.6 Å². The standard InChI is InChI=1S/C18H21ClN2/c19-16-7-5-14(6-8-16)9-12-21-18-10-11-20-13-15-3-1-2-4-17(15)18/h1-8,18,20-21H,9-13H2. The van der Waals surface area contributed by atoms with Crippen LogP contribution in [0.3, 0.4) is 0 Å². The van der Waals surface area contributed by atoms with Crippen LogP contribution >= 0.6 is 11.6 Å². The summed E-state index contributed by atoms with van der Waals surface area (Å²) < 4.78 is 0. The van der Waals surface area contributed by atoms with Gasteiger partial charge in [-0.25, -0.2) is 0 Å². The van der Waals surface area contributed by atoms with Crippen LogP contribution < -0.4 is 10.6 Å². The predicted molar refractivity (Wildman–Crippen MR) is 88.7 cm³/mol. The Bertz CT molecular complexity index is 580. The van der Waals surface area contributed by atoms with Gasteiger partial charge >= 0.3 is 0 Å². The highest BCUT2D eigenvalue weighted by molar-refractivity contribution is 6.30. The molecule has 3 rings (SSSR count). The minimum absolute atomic E-state index is 0.448. The summed E-state index contributed by atoms with van der Waals surface area (Å²) in [5, 5.41) is 8.00. The van der Waals surface area contributed by atoms with Crippen molar-refractivity contribution in [3.05, 3.63) is 70.2 Å². The van der Waals surface area contributed by atoms with Crippen molar-refractivity contribution in [3.63, 3.8) is 0 Å². The Labute approximate surface area is 131 Å². The van der Waals surface area contributed by atoms with Crippen LogP contribution in [0, 0.1) is 0 Å². The molecule has 0 aromatic heterocycles. The molecule has 110 valence electrons. The van der Waals surface area contributed by atoms with Crippen molar-refractivity contribution in [1.82, 2.24) is 10.6 Å². The van der Waals surface area contributed by atoms with Gasteiger partial charge in [-0.1, -0.05) is 48.0 Å². The van der Waals surface area contributed by atoms with Crippen LogP contribution in [0.4, 0.5) is 0 Å². The van der Waals surface area contributed by atoms with E-state index in [9.17, 15) is 0 Å². The van der Waals surface area contributed by atoms with Gasteiger partial charge in [-0.2, -0.15) is 0 Å². The van der Waals surface area contributed by atoms with Gasteiger partial charge in [-0.15, -0.1) is 0 Å². The van der Waals surface area contributed by atoms with Crippen molar-refractivity contribution in [1.29, 1.82) is 0 Å². The molecule has 1 heterocycles. The summed E-state index contributed by atoms with van der Waals surface area (Å²) in [6.07, 6.45) is 2.17. The monoisotopic (exact) mass is 300 g/mol. The van der Waals surface area contributed by atoms with E-state index >= 15 is 0 Å². The summed E-state index contributed by atoms with van der Waals surface area (Å²) >= 11 is 5.92. The van der Waals surface area contributed by atoms with E-state index in [0.717, 1.165) is 37.5 Å². The average molecular weight is 301 g/mol. The van der Waals surface area contributed by atoms with E-state index < -0.39 is 0 Å². The number of halogens is 1.